The van der Waals surface area contributed by atoms with E-state index < -0.39 is 7.82 Å². The highest BCUT2D eigenvalue weighted by Crippen LogP contribution is 2.48. The molecule has 74 valence electrons. The standard InChI is InChI=1S/C8H13O4P/c1-4-6-8-12-13(9,10-3)11-7-5-2/h2,4,6H,7-8H2,1,3H3. The van der Waals surface area contributed by atoms with Crippen LogP contribution in [0.1, 0.15) is 6.92 Å². The highest BCUT2D eigenvalue weighted by molar-refractivity contribution is 7.48. The van der Waals surface area contributed by atoms with E-state index in [0.717, 1.165) is 0 Å². The van der Waals surface area contributed by atoms with Crippen molar-refractivity contribution in [1.29, 1.82) is 0 Å². The van der Waals surface area contributed by atoms with Gasteiger partial charge in [0.15, 0.2) is 0 Å². The Bertz CT molecular complexity index is 241. The Labute approximate surface area is 78.5 Å². The van der Waals surface area contributed by atoms with Gasteiger partial charge in [0.2, 0.25) is 0 Å². The maximum Gasteiger partial charge on any atom is 0.475 e. The molecule has 0 aromatic carbocycles. The molecular formula is C8H13O4P. The fraction of sp³-hybridized carbons (Fsp3) is 0.500. The molecule has 0 amide bonds. The Hall–Kier alpha value is -0.590. The van der Waals surface area contributed by atoms with Crippen LogP contribution in [0.5, 0.6) is 0 Å². The first kappa shape index (κ1) is 12.4. The van der Waals surface area contributed by atoms with Gasteiger partial charge in [-0.15, -0.1) is 6.42 Å². The molecule has 0 fully saturated rings. The van der Waals surface area contributed by atoms with Crippen LogP contribution in [0.4, 0.5) is 0 Å². The smallest absolute Gasteiger partial charge is 0.290 e. The van der Waals surface area contributed by atoms with Crippen molar-refractivity contribution in [2.45, 2.75) is 6.92 Å². The second-order valence-corrected chi connectivity index (χ2v) is 3.75. The zero-order valence-electron chi connectivity index (χ0n) is 7.73. The third-order valence-corrected chi connectivity index (χ3v) is 2.45. The first-order valence-electron chi connectivity index (χ1n) is 3.68. The van der Waals surface area contributed by atoms with Crippen LogP contribution in [0, 0.1) is 12.3 Å². The molecular weight excluding hydrogens is 191 g/mol. The number of terminal acetylenes is 1. The first-order chi connectivity index (χ1) is 6.18. The lowest BCUT2D eigenvalue weighted by molar-refractivity contribution is 0.154. The molecule has 0 bridgehead atoms. The van der Waals surface area contributed by atoms with E-state index in [1.54, 1.807) is 12.2 Å². The van der Waals surface area contributed by atoms with Crippen molar-refractivity contribution < 1.29 is 18.1 Å². The average molecular weight is 204 g/mol. The molecule has 13 heavy (non-hydrogen) atoms. The molecule has 1 atom stereocenters. The molecule has 0 heterocycles. The number of phosphoric acid groups is 1. The summed E-state index contributed by atoms with van der Waals surface area (Å²) in [6, 6.07) is 0. The molecule has 0 aliphatic heterocycles. The van der Waals surface area contributed by atoms with Crippen LogP contribution in [0.3, 0.4) is 0 Å². The molecule has 0 aromatic rings. The van der Waals surface area contributed by atoms with Gasteiger partial charge in [0.1, 0.15) is 6.61 Å². The van der Waals surface area contributed by atoms with Gasteiger partial charge in [0.05, 0.1) is 6.61 Å². The molecule has 0 radical (unpaired) electrons. The molecule has 0 saturated heterocycles. The van der Waals surface area contributed by atoms with Crippen molar-refractivity contribution in [2.75, 3.05) is 20.3 Å². The van der Waals surface area contributed by atoms with Gasteiger partial charge in [-0.1, -0.05) is 18.1 Å². The summed E-state index contributed by atoms with van der Waals surface area (Å²) in [6.07, 6.45) is 8.37. The van der Waals surface area contributed by atoms with Gasteiger partial charge in [-0.25, -0.2) is 4.57 Å². The molecule has 0 spiro atoms. The topological polar surface area (TPSA) is 44.8 Å². The zero-order chi connectivity index (χ0) is 10.2. The molecule has 0 aliphatic rings. The Morgan fingerprint density at radius 1 is 1.54 bits per heavy atom. The van der Waals surface area contributed by atoms with E-state index in [-0.39, 0.29) is 13.2 Å². The Morgan fingerprint density at radius 2 is 2.23 bits per heavy atom. The van der Waals surface area contributed by atoms with Crippen LogP contribution in [0.25, 0.3) is 0 Å². The van der Waals surface area contributed by atoms with Gasteiger partial charge < -0.3 is 0 Å². The summed E-state index contributed by atoms with van der Waals surface area (Å²) in [4.78, 5) is 0. The number of hydrogen-bond acceptors (Lipinski definition) is 4. The number of rotatable bonds is 6. The highest BCUT2D eigenvalue weighted by atomic mass is 31.2. The fourth-order valence-electron chi connectivity index (χ4n) is 0.490. The van der Waals surface area contributed by atoms with Crippen molar-refractivity contribution in [3.05, 3.63) is 12.2 Å². The summed E-state index contributed by atoms with van der Waals surface area (Å²) in [6.45, 7) is 1.90. The van der Waals surface area contributed by atoms with Crippen molar-refractivity contribution in [2.24, 2.45) is 0 Å². The minimum absolute atomic E-state index is 0.0963. The van der Waals surface area contributed by atoms with E-state index in [0.29, 0.717) is 0 Å². The van der Waals surface area contributed by atoms with E-state index in [1.807, 2.05) is 6.92 Å². The van der Waals surface area contributed by atoms with Crippen LogP contribution in [0.2, 0.25) is 0 Å². The lowest BCUT2D eigenvalue weighted by Crippen LogP contribution is -1.98. The molecule has 0 saturated carbocycles. The highest BCUT2D eigenvalue weighted by Gasteiger charge is 2.23. The Morgan fingerprint density at radius 3 is 2.69 bits per heavy atom. The lowest BCUT2D eigenvalue weighted by atomic mass is 10.6. The predicted octanol–water partition coefficient (Wildman–Crippen LogP) is 1.98. The Balaban J connectivity index is 3.98. The van der Waals surface area contributed by atoms with Crippen molar-refractivity contribution in [1.82, 2.24) is 0 Å². The molecule has 0 N–H and O–H groups in total. The molecule has 0 aromatic heterocycles. The zero-order valence-corrected chi connectivity index (χ0v) is 8.62. The van der Waals surface area contributed by atoms with Gasteiger partial charge >= 0.3 is 7.82 Å². The van der Waals surface area contributed by atoms with E-state index in [1.165, 1.54) is 7.11 Å². The van der Waals surface area contributed by atoms with E-state index in [2.05, 4.69) is 10.4 Å². The maximum atomic E-state index is 11.4. The largest absolute Gasteiger partial charge is 0.475 e. The summed E-state index contributed by atoms with van der Waals surface area (Å²) in [5.41, 5.74) is 0. The summed E-state index contributed by atoms with van der Waals surface area (Å²) in [5.74, 6) is 2.18. The van der Waals surface area contributed by atoms with Gasteiger partial charge in [0, 0.05) is 7.11 Å². The third kappa shape index (κ3) is 5.62. The molecule has 0 aliphatic carbocycles. The van der Waals surface area contributed by atoms with Crippen LogP contribution >= 0.6 is 7.82 Å². The van der Waals surface area contributed by atoms with Crippen molar-refractivity contribution in [3.8, 4) is 12.3 Å². The minimum atomic E-state index is -3.44. The monoisotopic (exact) mass is 204 g/mol. The molecule has 5 heteroatoms. The average Bonchev–Trinajstić information content (AvgIpc) is 2.15. The molecule has 1 unspecified atom stereocenters. The normalized spacial score (nSPS) is 15.5. The van der Waals surface area contributed by atoms with Crippen LogP contribution in [-0.4, -0.2) is 20.3 Å². The fourth-order valence-corrected chi connectivity index (χ4v) is 1.28. The molecule has 4 nitrogen and oxygen atoms in total. The van der Waals surface area contributed by atoms with Gasteiger partial charge in [-0.05, 0) is 6.92 Å². The summed E-state index contributed by atoms with van der Waals surface area (Å²) >= 11 is 0. The first-order valence-corrected chi connectivity index (χ1v) is 5.14. The van der Waals surface area contributed by atoms with E-state index >= 15 is 0 Å². The number of phosphoric ester groups is 1. The van der Waals surface area contributed by atoms with Gasteiger partial charge in [0.25, 0.3) is 0 Å². The van der Waals surface area contributed by atoms with Crippen LogP contribution in [-0.2, 0) is 18.1 Å². The maximum absolute atomic E-state index is 11.4. The number of allylic oxidation sites excluding steroid dienone is 1. The van der Waals surface area contributed by atoms with Crippen molar-refractivity contribution in [3.63, 3.8) is 0 Å². The van der Waals surface area contributed by atoms with E-state index in [9.17, 15) is 4.57 Å². The summed E-state index contributed by atoms with van der Waals surface area (Å²) in [7, 11) is -2.20. The second-order valence-electron chi connectivity index (χ2n) is 1.97. The van der Waals surface area contributed by atoms with Crippen molar-refractivity contribution >= 4 is 7.82 Å². The predicted molar refractivity (Wildman–Crippen MR) is 50.2 cm³/mol. The quantitative estimate of drug-likeness (QED) is 0.377. The lowest BCUT2D eigenvalue weighted by Gasteiger charge is -2.12. The summed E-state index contributed by atoms with van der Waals surface area (Å²) in [5, 5.41) is 0. The van der Waals surface area contributed by atoms with Gasteiger partial charge in [-0.3, -0.25) is 13.6 Å². The summed E-state index contributed by atoms with van der Waals surface area (Å²) < 4.78 is 25.6. The third-order valence-electron chi connectivity index (χ3n) is 1.09. The van der Waals surface area contributed by atoms with Crippen LogP contribution < -0.4 is 0 Å². The molecule has 0 rings (SSSR count). The Kier molecular flexibility index (Phi) is 6.56. The minimum Gasteiger partial charge on any atom is -0.290 e. The second kappa shape index (κ2) is 6.88. The SMILES string of the molecule is C#CCOP(=O)(OC)OCC=CC. The van der Waals surface area contributed by atoms with Gasteiger partial charge in [-0.2, -0.15) is 0 Å². The van der Waals surface area contributed by atoms with E-state index in [4.69, 9.17) is 15.5 Å². The van der Waals surface area contributed by atoms with Crippen LogP contribution in [0.15, 0.2) is 12.2 Å². The number of hydrogen-bond donors (Lipinski definition) is 0.